The van der Waals surface area contributed by atoms with Crippen LogP contribution in [-0.4, -0.2) is 25.7 Å². The predicted molar refractivity (Wildman–Crippen MR) is 57.2 cm³/mol. The molecule has 0 heterocycles. The zero-order chi connectivity index (χ0) is 13.8. The van der Waals surface area contributed by atoms with Crippen LogP contribution >= 0.6 is 0 Å². The Kier molecular flexibility index (Phi) is 8.33. The minimum Gasteiger partial charge on any atom is -0.545 e. The maximum absolute atomic E-state index is 10.9. The predicted octanol–water partition coefficient (Wildman–Crippen LogP) is -3.27. The number of hydrogen-bond acceptors (Lipinski definition) is 5. The first-order valence-corrected chi connectivity index (χ1v) is 5.77. The molecule has 1 aromatic rings. The number of carbonyl (C=O) groups is 2. The molecule has 8 heteroatoms. The first kappa shape index (κ1) is 19.6. The Morgan fingerprint density at radius 1 is 1.22 bits per heavy atom. The van der Waals surface area contributed by atoms with E-state index in [9.17, 15) is 18.3 Å². The summed E-state index contributed by atoms with van der Waals surface area (Å²) < 4.78 is 30.6. The second-order valence-electron chi connectivity index (χ2n) is 3.12. The molecule has 0 unspecified atom stereocenters. The summed E-state index contributed by atoms with van der Waals surface area (Å²) in [5.41, 5.74) is 0.393. The molecule has 0 saturated heterocycles. The van der Waals surface area contributed by atoms with E-state index in [0.29, 0.717) is 0 Å². The Balaban J connectivity index is 0. The molecule has 0 bridgehead atoms. The summed E-state index contributed by atoms with van der Waals surface area (Å²) in [6.07, 6.45) is 0. The van der Waals surface area contributed by atoms with E-state index < -0.39 is 16.1 Å². The van der Waals surface area contributed by atoms with Crippen LogP contribution in [0.1, 0.15) is 21.5 Å². The van der Waals surface area contributed by atoms with Gasteiger partial charge in [-0.1, -0.05) is 6.07 Å². The van der Waals surface area contributed by atoms with Crippen LogP contribution < -0.4 is 34.7 Å². The summed E-state index contributed by atoms with van der Waals surface area (Å²) in [7, 11) is -4.31. The number of carboxylic acid groups (broad SMARTS) is 1. The van der Waals surface area contributed by atoms with Crippen molar-refractivity contribution in [1.82, 2.24) is 0 Å². The first-order valence-electron chi connectivity index (χ1n) is 4.33. The summed E-state index contributed by atoms with van der Waals surface area (Å²) in [6.45, 7) is 4.88. The Bertz CT molecular complexity index is 538. The Morgan fingerprint density at radius 2 is 1.67 bits per heavy atom. The molecule has 18 heavy (non-hydrogen) atoms. The normalized spacial score (nSPS) is 9.72. The van der Waals surface area contributed by atoms with Gasteiger partial charge in [0.2, 0.25) is 0 Å². The molecule has 0 aromatic heterocycles. The quantitative estimate of drug-likeness (QED) is 0.450. The topological polar surface area (TPSA) is 112 Å². The van der Waals surface area contributed by atoms with Gasteiger partial charge < -0.3 is 14.7 Å². The third kappa shape index (κ3) is 4.51. The molecule has 6 nitrogen and oxygen atoms in total. The molecular weight excluding hydrogens is 271 g/mol. The fourth-order valence-corrected chi connectivity index (χ4v) is 2.08. The molecule has 0 radical (unpaired) electrons. The summed E-state index contributed by atoms with van der Waals surface area (Å²) in [5, 5.41) is 10.6. The molecule has 0 saturated carbocycles. The molecule has 94 valence electrons. The van der Waals surface area contributed by atoms with E-state index in [4.69, 9.17) is 9.35 Å². The minimum atomic E-state index is -4.31. The van der Waals surface area contributed by atoms with Crippen LogP contribution in [0.15, 0.2) is 17.0 Å². The van der Waals surface area contributed by atoms with Crippen molar-refractivity contribution in [2.24, 2.45) is 0 Å². The van der Waals surface area contributed by atoms with E-state index in [0.717, 1.165) is 12.1 Å². The Hall–Kier alpha value is -0.730. The molecule has 0 spiro atoms. The van der Waals surface area contributed by atoms with Crippen molar-refractivity contribution < 1.29 is 57.2 Å². The van der Waals surface area contributed by atoms with E-state index in [1.165, 1.54) is 13.8 Å². The standard InChI is InChI=1S/C9H10O5S.CH2O.Na/c1-5-6(2)8(15(12,13)14)4-3-7(5)9(10)11;1-2;/h3-4H,1-2H3,(H,10,11)(H,12,13,14);1H2;/q;;+1/p-1. The van der Waals surface area contributed by atoms with Crippen molar-refractivity contribution in [3.8, 4) is 0 Å². The number of hydrogen-bond donors (Lipinski definition) is 1. The minimum absolute atomic E-state index is 0. The third-order valence-electron chi connectivity index (χ3n) is 2.24. The Labute approximate surface area is 127 Å². The van der Waals surface area contributed by atoms with Crippen LogP contribution in [-0.2, 0) is 14.9 Å². The van der Waals surface area contributed by atoms with Gasteiger partial charge in [0.15, 0.2) is 0 Å². The number of carbonyl (C=O) groups excluding carboxylic acids is 2. The maximum Gasteiger partial charge on any atom is 1.00 e. The summed E-state index contributed by atoms with van der Waals surface area (Å²) in [5.74, 6) is -1.38. The number of aromatic carboxylic acids is 1. The average Bonchev–Trinajstić information content (AvgIpc) is 2.22. The van der Waals surface area contributed by atoms with Crippen molar-refractivity contribution in [1.29, 1.82) is 0 Å². The summed E-state index contributed by atoms with van der Waals surface area (Å²) >= 11 is 0. The molecule has 1 N–H and O–H groups in total. The zero-order valence-corrected chi connectivity index (χ0v) is 13.1. The van der Waals surface area contributed by atoms with Gasteiger partial charge in [-0.15, -0.1) is 0 Å². The number of benzene rings is 1. The molecule has 0 aliphatic heterocycles. The zero-order valence-electron chi connectivity index (χ0n) is 10.3. The van der Waals surface area contributed by atoms with Gasteiger partial charge in [-0.25, -0.2) is 0 Å². The van der Waals surface area contributed by atoms with Gasteiger partial charge in [0.25, 0.3) is 10.1 Å². The SMILES string of the molecule is C=O.Cc1c(C(=O)[O-])ccc(S(=O)(=O)O)c1C.[Na+]. The average molecular weight is 282 g/mol. The number of rotatable bonds is 2. The van der Waals surface area contributed by atoms with E-state index in [-0.39, 0.29) is 51.1 Å². The van der Waals surface area contributed by atoms with Crippen LogP contribution in [0.5, 0.6) is 0 Å². The first-order chi connectivity index (χ1) is 7.75. The van der Waals surface area contributed by atoms with Gasteiger partial charge in [-0.2, -0.15) is 8.42 Å². The molecule has 1 rings (SSSR count). The second-order valence-corrected chi connectivity index (χ2v) is 4.51. The molecule has 1 aromatic carbocycles. The van der Waals surface area contributed by atoms with Gasteiger partial charge >= 0.3 is 29.6 Å². The van der Waals surface area contributed by atoms with Gasteiger partial charge in [-0.05, 0) is 31.0 Å². The number of carboxylic acids is 1. The van der Waals surface area contributed by atoms with Crippen molar-refractivity contribution >= 4 is 22.9 Å². The van der Waals surface area contributed by atoms with Crippen molar-refractivity contribution in [3.63, 3.8) is 0 Å². The molecule has 0 amide bonds. The van der Waals surface area contributed by atoms with Gasteiger partial charge in [0.05, 0.1) is 10.9 Å². The van der Waals surface area contributed by atoms with E-state index >= 15 is 0 Å². The van der Waals surface area contributed by atoms with E-state index in [1.54, 1.807) is 0 Å². The largest absolute Gasteiger partial charge is 1.00 e. The maximum atomic E-state index is 10.9. The van der Waals surface area contributed by atoms with Crippen LogP contribution in [0.2, 0.25) is 0 Å². The van der Waals surface area contributed by atoms with Gasteiger partial charge in [0, 0.05) is 5.56 Å². The summed E-state index contributed by atoms with van der Waals surface area (Å²) in [4.78, 5) is 18.3. The van der Waals surface area contributed by atoms with E-state index in [1.807, 2.05) is 6.79 Å². The smallest absolute Gasteiger partial charge is 0.545 e. The fourth-order valence-electron chi connectivity index (χ4n) is 1.30. The van der Waals surface area contributed by atoms with Crippen LogP contribution in [0, 0.1) is 13.8 Å². The second kappa shape index (κ2) is 7.65. The third-order valence-corrected chi connectivity index (χ3v) is 3.23. The van der Waals surface area contributed by atoms with Crippen molar-refractivity contribution in [3.05, 3.63) is 28.8 Å². The molecule has 0 atom stereocenters. The Morgan fingerprint density at radius 3 is 2.00 bits per heavy atom. The molecule has 0 aliphatic carbocycles. The molecule has 0 fully saturated rings. The van der Waals surface area contributed by atoms with Crippen molar-refractivity contribution in [2.45, 2.75) is 18.7 Å². The van der Waals surface area contributed by atoms with Crippen LogP contribution in [0.4, 0.5) is 0 Å². The fraction of sp³-hybridized carbons (Fsp3) is 0.200. The van der Waals surface area contributed by atoms with Gasteiger partial charge in [-0.3, -0.25) is 4.55 Å². The monoisotopic (exact) mass is 282 g/mol. The molecular formula is C10H11NaO6S. The summed E-state index contributed by atoms with van der Waals surface area (Å²) in [6, 6.07) is 2.14. The van der Waals surface area contributed by atoms with Crippen LogP contribution in [0.25, 0.3) is 0 Å². The van der Waals surface area contributed by atoms with Crippen molar-refractivity contribution in [2.75, 3.05) is 0 Å². The van der Waals surface area contributed by atoms with E-state index in [2.05, 4.69) is 0 Å². The molecule has 0 aliphatic rings. The van der Waals surface area contributed by atoms with Gasteiger partial charge in [0.1, 0.15) is 6.79 Å². The van der Waals surface area contributed by atoms with Crippen LogP contribution in [0.3, 0.4) is 0 Å².